The van der Waals surface area contributed by atoms with Gasteiger partial charge in [-0.15, -0.1) is 0 Å². The van der Waals surface area contributed by atoms with Gasteiger partial charge in [-0.2, -0.15) is 0 Å². The molecule has 1 aliphatic heterocycles. The first-order chi connectivity index (χ1) is 22.1. The smallest absolute Gasteiger partial charge is 0.412 e. The van der Waals surface area contributed by atoms with Crippen molar-refractivity contribution in [3.63, 3.8) is 0 Å². The highest BCUT2D eigenvalue weighted by molar-refractivity contribution is 6.99. The van der Waals surface area contributed by atoms with E-state index in [0.717, 1.165) is 15.9 Å². The van der Waals surface area contributed by atoms with Gasteiger partial charge < -0.3 is 24.0 Å². The van der Waals surface area contributed by atoms with Crippen LogP contribution in [-0.2, 0) is 25.2 Å². The van der Waals surface area contributed by atoms with Crippen molar-refractivity contribution in [2.75, 3.05) is 13.2 Å². The van der Waals surface area contributed by atoms with Crippen LogP contribution >= 0.6 is 0 Å². The second-order valence-electron chi connectivity index (χ2n) is 14.6. The fourth-order valence-corrected chi connectivity index (χ4v) is 11.0. The van der Waals surface area contributed by atoms with E-state index in [1.165, 1.54) is 0 Å². The Balaban J connectivity index is 1.57. The second-order valence-corrected chi connectivity index (χ2v) is 18.9. The minimum Gasteiger partial charge on any atom is -0.445 e. The molecule has 3 aromatic rings. The molecule has 0 saturated carbocycles. The van der Waals surface area contributed by atoms with Crippen molar-refractivity contribution < 1.29 is 28.2 Å². The van der Waals surface area contributed by atoms with Gasteiger partial charge in [0.05, 0.1) is 18.8 Å². The van der Waals surface area contributed by atoms with Crippen molar-refractivity contribution in [2.24, 2.45) is 0 Å². The van der Waals surface area contributed by atoms with Crippen molar-refractivity contribution in [1.29, 1.82) is 0 Å². The minimum absolute atomic E-state index is 0.207. The number of rotatable bonds is 11. The monoisotopic (exact) mass is 660 g/mol. The van der Waals surface area contributed by atoms with E-state index in [1.807, 2.05) is 77.1 Å². The summed E-state index contributed by atoms with van der Waals surface area (Å²) in [7, 11) is -2.90. The van der Waals surface area contributed by atoms with Gasteiger partial charge in [0.25, 0.3) is 8.32 Å². The van der Waals surface area contributed by atoms with Gasteiger partial charge >= 0.3 is 12.2 Å². The summed E-state index contributed by atoms with van der Waals surface area (Å²) in [5, 5.41) is 4.94. The third-order valence-electron chi connectivity index (χ3n) is 8.41. The SMILES string of the molecule is CC(C)(C)OC(=O)N1[C@H](CO[Si](c2ccccc2)(c2ccccc2)C(C)(C)C)[C@@H](CCCNC(=O)OCc2ccccc2)OC1(C)C. The van der Waals surface area contributed by atoms with E-state index in [2.05, 4.69) is 74.6 Å². The van der Waals surface area contributed by atoms with Crippen molar-refractivity contribution in [3.05, 3.63) is 96.6 Å². The summed E-state index contributed by atoms with van der Waals surface area (Å²) >= 11 is 0. The Labute approximate surface area is 281 Å². The lowest BCUT2D eigenvalue weighted by molar-refractivity contribution is -0.0803. The van der Waals surface area contributed by atoms with Gasteiger partial charge in [-0.25, -0.2) is 9.59 Å². The summed E-state index contributed by atoms with van der Waals surface area (Å²) in [6.45, 7) is 17.0. The topological polar surface area (TPSA) is 86.3 Å². The molecule has 8 nitrogen and oxygen atoms in total. The van der Waals surface area contributed by atoms with Crippen LogP contribution in [0.2, 0.25) is 5.04 Å². The van der Waals surface area contributed by atoms with Crippen LogP contribution in [0.25, 0.3) is 0 Å². The van der Waals surface area contributed by atoms with Crippen LogP contribution < -0.4 is 15.7 Å². The molecule has 2 atom stereocenters. The Morgan fingerprint density at radius 2 is 1.38 bits per heavy atom. The fraction of sp³-hybridized carbons (Fsp3) is 0.474. The van der Waals surface area contributed by atoms with Gasteiger partial charge in [0, 0.05) is 6.54 Å². The van der Waals surface area contributed by atoms with Gasteiger partial charge in [0.15, 0.2) is 0 Å². The maximum absolute atomic E-state index is 13.8. The number of ether oxygens (including phenoxy) is 3. The number of hydrogen-bond acceptors (Lipinski definition) is 6. The van der Waals surface area contributed by atoms with Crippen molar-refractivity contribution >= 4 is 30.9 Å². The number of carbonyl (C=O) groups excluding carboxylic acids is 2. The van der Waals surface area contributed by atoms with E-state index < -0.39 is 37.9 Å². The Kier molecular flexibility index (Phi) is 11.6. The minimum atomic E-state index is -2.90. The lowest BCUT2D eigenvalue weighted by Crippen LogP contribution is -2.67. The number of nitrogens with one attached hydrogen (secondary N) is 1. The first-order valence-electron chi connectivity index (χ1n) is 16.5. The number of alkyl carbamates (subject to hydrolysis) is 1. The van der Waals surface area contributed by atoms with E-state index in [1.54, 1.807) is 4.90 Å². The van der Waals surface area contributed by atoms with E-state index in [4.69, 9.17) is 18.6 Å². The molecule has 0 aromatic heterocycles. The molecule has 0 spiro atoms. The van der Waals surface area contributed by atoms with Gasteiger partial charge in [-0.3, -0.25) is 4.90 Å². The molecular formula is C38H52N2O6Si. The largest absolute Gasteiger partial charge is 0.445 e. The predicted octanol–water partition coefficient (Wildman–Crippen LogP) is 7.01. The number of benzene rings is 3. The molecular weight excluding hydrogens is 609 g/mol. The normalized spacial score (nSPS) is 18.1. The van der Waals surface area contributed by atoms with Crippen molar-refractivity contribution in [1.82, 2.24) is 10.2 Å². The summed E-state index contributed by atoms with van der Waals surface area (Å²) in [6.07, 6.45) is -0.0415. The average Bonchev–Trinajstić information content (AvgIpc) is 3.27. The molecule has 0 unspecified atom stereocenters. The first kappa shape index (κ1) is 36.2. The van der Waals surface area contributed by atoms with E-state index in [-0.39, 0.29) is 24.4 Å². The molecule has 3 aromatic carbocycles. The van der Waals surface area contributed by atoms with E-state index in [9.17, 15) is 9.59 Å². The molecule has 1 N–H and O–H groups in total. The lowest BCUT2D eigenvalue weighted by atomic mass is 10.1. The molecule has 1 aliphatic rings. The highest BCUT2D eigenvalue weighted by atomic mass is 28.4. The van der Waals surface area contributed by atoms with Gasteiger partial charge in [-0.1, -0.05) is 112 Å². The lowest BCUT2D eigenvalue weighted by Gasteiger charge is -2.44. The Morgan fingerprint density at radius 3 is 1.89 bits per heavy atom. The average molecular weight is 661 g/mol. The first-order valence-corrected chi connectivity index (χ1v) is 18.4. The Hall–Kier alpha value is -3.66. The standard InChI is InChI=1S/C38H52N2O6Si/c1-36(2,3)46-35(42)40-32(28-44-47(37(4,5)6,30-21-14-10-15-22-30)31-23-16-11-17-24-31)33(45-38(40,7)8)25-18-26-39-34(41)43-27-29-19-12-9-13-20-29/h9-17,19-24,32-33H,18,25-28H2,1-8H3,(H,39,41)/t32-,33-/m1/s1. The van der Waals surface area contributed by atoms with Gasteiger partial charge in [0.1, 0.15) is 17.9 Å². The summed E-state index contributed by atoms with van der Waals surface area (Å²) < 4.78 is 25.2. The molecule has 1 saturated heterocycles. The molecule has 9 heteroatoms. The molecule has 0 aliphatic carbocycles. The van der Waals surface area contributed by atoms with Crippen LogP contribution in [0, 0.1) is 0 Å². The van der Waals surface area contributed by atoms with Gasteiger partial charge in [0.2, 0.25) is 0 Å². The third-order valence-corrected chi connectivity index (χ3v) is 13.4. The Morgan fingerprint density at radius 1 is 0.851 bits per heavy atom. The Bertz CT molecular complexity index is 1400. The summed E-state index contributed by atoms with van der Waals surface area (Å²) in [5.74, 6) is 0. The molecule has 0 radical (unpaired) electrons. The maximum atomic E-state index is 13.8. The predicted molar refractivity (Wildman–Crippen MR) is 188 cm³/mol. The molecule has 2 amide bonds. The highest BCUT2D eigenvalue weighted by Gasteiger charge is 2.55. The fourth-order valence-electron chi connectivity index (χ4n) is 6.41. The van der Waals surface area contributed by atoms with E-state index >= 15 is 0 Å². The van der Waals surface area contributed by atoms with Crippen LogP contribution in [-0.4, -0.2) is 62.0 Å². The quantitative estimate of drug-likeness (QED) is 0.176. The molecule has 4 rings (SSSR count). The molecule has 254 valence electrons. The molecule has 1 fully saturated rings. The summed E-state index contributed by atoms with van der Waals surface area (Å²) in [6, 6.07) is 30.1. The highest BCUT2D eigenvalue weighted by Crippen LogP contribution is 2.40. The van der Waals surface area contributed by atoms with Crippen LogP contribution in [0.3, 0.4) is 0 Å². The van der Waals surface area contributed by atoms with Crippen molar-refractivity contribution in [3.8, 4) is 0 Å². The number of hydrogen-bond donors (Lipinski definition) is 1. The van der Waals surface area contributed by atoms with Crippen LogP contribution in [0.15, 0.2) is 91.0 Å². The van der Waals surface area contributed by atoms with Gasteiger partial charge in [-0.05, 0) is 68.4 Å². The zero-order valence-corrected chi connectivity index (χ0v) is 30.2. The molecule has 47 heavy (non-hydrogen) atoms. The number of nitrogens with zero attached hydrogens (tertiary/aromatic N) is 1. The summed E-state index contributed by atoms with van der Waals surface area (Å²) in [5.41, 5.74) is -0.692. The maximum Gasteiger partial charge on any atom is 0.412 e. The number of amides is 2. The number of carbonyl (C=O) groups is 2. The second kappa shape index (κ2) is 15.0. The summed E-state index contributed by atoms with van der Waals surface area (Å²) in [4.78, 5) is 27.9. The van der Waals surface area contributed by atoms with Crippen molar-refractivity contribution in [2.45, 2.75) is 103 Å². The molecule has 1 heterocycles. The van der Waals surface area contributed by atoms with Crippen LogP contribution in [0.5, 0.6) is 0 Å². The third kappa shape index (κ3) is 9.03. The van der Waals surface area contributed by atoms with Crippen LogP contribution in [0.4, 0.5) is 9.59 Å². The molecule has 0 bridgehead atoms. The zero-order chi connectivity index (χ0) is 34.3. The van der Waals surface area contributed by atoms with E-state index in [0.29, 0.717) is 19.4 Å². The zero-order valence-electron chi connectivity index (χ0n) is 29.2. The van der Waals surface area contributed by atoms with Crippen LogP contribution in [0.1, 0.15) is 73.8 Å².